The molecule has 96 valence electrons. The quantitative estimate of drug-likeness (QED) is 0.673. The molecule has 0 aliphatic heterocycles. The van der Waals surface area contributed by atoms with Crippen molar-refractivity contribution in [2.24, 2.45) is 0 Å². The van der Waals surface area contributed by atoms with Gasteiger partial charge in [-0.15, -0.1) is 0 Å². The predicted octanol–water partition coefficient (Wildman–Crippen LogP) is 3.84. The van der Waals surface area contributed by atoms with E-state index in [1.807, 2.05) is 17.8 Å². The predicted molar refractivity (Wildman–Crippen MR) is 75.0 cm³/mol. The van der Waals surface area contributed by atoms with Crippen LogP contribution in [0.1, 0.15) is 31.2 Å². The van der Waals surface area contributed by atoms with E-state index in [9.17, 15) is 4.39 Å². The maximum absolute atomic E-state index is 12.9. The molecule has 0 fully saturated rings. The lowest BCUT2D eigenvalue weighted by atomic mass is 10.2. The Labute approximate surface area is 108 Å². The Morgan fingerprint density at radius 2 is 2.00 bits per heavy atom. The fourth-order valence-electron chi connectivity index (χ4n) is 1.73. The molecule has 0 radical (unpaired) electrons. The van der Waals surface area contributed by atoms with E-state index >= 15 is 0 Å². The minimum atomic E-state index is -0.152. The fraction of sp³-hybridized carbons (Fsp3) is 0.571. The average Bonchev–Trinajstić information content (AvgIpc) is 2.33. The molecule has 0 unspecified atom stereocenters. The summed E-state index contributed by atoms with van der Waals surface area (Å²) in [5.41, 5.74) is 1.02. The van der Waals surface area contributed by atoms with Gasteiger partial charge in [-0.05, 0) is 49.1 Å². The molecule has 1 rings (SSSR count). The van der Waals surface area contributed by atoms with Crippen molar-refractivity contribution in [1.29, 1.82) is 0 Å². The molecule has 0 heterocycles. The number of nitrogens with one attached hydrogen (secondary N) is 1. The van der Waals surface area contributed by atoms with Crippen molar-refractivity contribution >= 4 is 11.8 Å². The molecule has 0 spiro atoms. The van der Waals surface area contributed by atoms with Gasteiger partial charge in [-0.2, -0.15) is 11.8 Å². The maximum Gasteiger partial charge on any atom is 0.123 e. The van der Waals surface area contributed by atoms with E-state index in [1.54, 1.807) is 12.1 Å². The van der Waals surface area contributed by atoms with Crippen molar-refractivity contribution in [2.75, 3.05) is 18.6 Å². The van der Waals surface area contributed by atoms with Gasteiger partial charge >= 0.3 is 0 Å². The van der Waals surface area contributed by atoms with Gasteiger partial charge in [0.2, 0.25) is 0 Å². The van der Waals surface area contributed by atoms with Gasteiger partial charge in [-0.1, -0.05) is 25.0 Å². The number of hydrogen-bond donors (Lipinski definition) is 1. The van der Waals surface area contributed by atoms with Gasteiger partial charge in [-0.3, -0.25) is 0 Å². The third kappa shape index (κ3) is 7.40. The lowest BCUT2D eigenvalue weighted by Crippen LogP contribution is -2.14. The van der Waals surface area contributed by atoms with E-state index in [4.69, 9.17) is 0 Å². The first-order chi connectivity index (χ1) is 8.33. The molecule has 0 bridgehead atoms. The number of rotatable bonds is 9. The van der Waals surface area contributed by atoms with Crippen LogP contribution in [0.3, 0.4) is 0 Å². The minimum absolute atomic E-state index is 0.152. The first-order valence-electron chi connectivity index (χ1n) is 6.27. The highest BCUT2D eigenvalue weighted by Gasteiger charge is 1.95. The van der Waals surface area contributed by atoms with E-state index in [1.165, 1.54) is 37.5 Å². The summed E-state index contributed by atoms with van der Waals surface area (Å²) >= 11 is 1.92. The van der Waals surface area contributed by atoms with Crippen LogP contribution in [0.2, 0.25) is 0 Å². The van der Waals surface area contributed by atoms with Gasteiger partial charge in [0.1, 0.15) is 5.82 Å². The van der Waals surface area contributed by atoms with Gasteiger partial charge in [0, 0.05) is 6.54 Å². The Kier molecular flexibility index (Phi) is 8.10. The lowest BCUT2D eigenvalue weighted by molar-refractivity contribution is 0.593. The summed E-state index contributed by atoms with van der Waals surface area (Å²) in [6.07, 6.45) is 7.30. The van der Waals surface area contributed by atoms with Gasteiger partial charge in [-0.25, -0.2) is 4.39 Å². The number of benzene rings is 1. The molecule has 1 N–H and O–H groups in total. The third-order valence-electron chi connectivity index (χ3n) is 2.67. The third-order valence-corrected chi connectivity index (χ3v) is 3.37. The van der Waals surface area contributed by atoms with Crippen LogP contribution >= 0.6 is 11.8 Å². The van der Waals surface area contributed by atoms with Crippen LogP contribution in [0.15, 0.2) is 24.3 Å². The number of hydrogen-bond acceptors (Lipinski definition) is 2. The molecule has 1 aromatic carbocycles. The SMILES string of the molecule is CSCCCCCCNCc1cccc(F)c1. The van der Waals surface area contributed by atoms with Crippen LogP contribution in [0.25, 0.3) is 0 Å². The molecule has 3 heteroatoms. The summed E-state index contributed by atoms with van der Waals surface area (Å²) in [5.74, 6) is 1.12. The van der Waals surface area contributed by atoms with Crippen molar-refractivity contribution < 1.29 is 4.39 Å². The summed E-state index contributed by atoms with van der Waals surface area (Å²) in [5, 5.41) is 3.35. The first-order valence-corrected chi connectivity index (χ1v) is 7.66. The average molecular weight is 255 g/mol. The molecular formula is C14H22FNS. The van der Waals surface area contributed by atoms with Gasteiger partial charge in [0.15, 0.2) is 0 Å². The van der Waals surface area contributed by atoms with Gasteiger partial charge < -0.3 is 5.32 Å². The molecule has 1 aromatic rings. The van der Waals surface area contributed by atoms with Crippen molar-refractivity contribution in [1.82, 2.24) is 5.32 Å². The Balaban J connectivity index is 1.97. The minimum Gasteiger partial charge on any atom is -0.313 e. The van der Waals surface area contributed by atoms with Crippen LogP contribution < -0.4 is 5.32 Å². The zero-order valence-corrected chi connectivity index (χ0v) is 11.4. The smallest absolute Gasteiger partial charge is 0.123 e. The largest absolute Gasteiger partial charge is 0.313 e. The Morgan fingerprint density at radius 3 is 2.76 bits per heavy atom. The van der Waals surface area contributed by atoms with Crippen molar-refractivity contribution in [3.63, 3.8) is 0 Å². The Hall–Kier alpha value is -0.540. The highest BCUT2D eigenvalue weighted by molar-refractivity contribution is 7.98. The highest BCUT2D eigenvalue weighted by Crippen LogP contribution is 2.05. The topological polar surface area (TPSA) is 12.0 Å². The lowest BCUT2D eigenvalue weighted by Gasteiger charge is -2.05. The van der Waals surface area contributed by atoms with Crippen LogP contribution in [0.5, 0.6) is 0 Å². The molecular weight excluding hydrogens is 233 g/mol. The summed E-state index contributed by atoms with van der Waals surface area (Å²) in [6.45, 7) is 1.79. The number of unbranched alkanes of at least 4 members (excludes halogenated alkanes) is 3. The van der Waals surface area contributed by atoms with E-state index in [0.717, 1.165) is 18.7 Å². The number of thioether (sulfide) groups is 1. The molecule has 0 aliphatic rings. The van der Waals surface area contributed by atoms with Crippen LogP contribution in [-0.4, -0.2) is 18.6 Å². The Morgan fingerprint density at radius 1 is 1.18 bits per heavy atom. The summed E-state index contributed by atoms with van der Waals surface area (Å²) < 4.78 is 12.9. The molecule has 0 aliphatic carbocycles. The van der Waals surface area contributed by atoms with Crippen molar-refractivity contribution in [3.8, 4) is 0 Å². The van der Waals surface area contributed by atoms with E-state index in [0.29, 0.717) is 0 Å². The summed E-state index contributed by atoms with van der Waals surface area (Å²) in [4.78, 5) is 0. The van der Waals surface area contributed by atoms with Gasteiger partial charge in [0.05, 0.1) is 0 Å². The van der Waals surface area contributed by atoms with Crippen LogP contribution in [0.4, 0.5) is 4.39 Å². The molecule has 1 nitrogen and oxygen atoms in total. The first kappa shape index (κ1) is 14.5. The highest BCUT2D eigenvalue weighted by atomic mass is 32.2. The van der Waals surface area contributed by atoms with E-state index in [2.05, 4.69) is 11.6 Å². The van der Waals surface area contributed by atoms with E-state index < -0.39 is 0 Å². The molecule has 17 heavy (non-hydrogen) atoms. The molecule has 0 atom stereocenters. The number of halogens is 1. The van der Waals surface area contributed by atoms with E-state index in [-0.39, 0.29) is 5.82 Å². The molecule has 0 saturated carbocycles. The maximum atomic E-state index is 12.9. The van der Waals surface area contributed by atoms with Crippen molar-refractivity contribution in [3.05, 3.63) is 35.6 Å². The monoisotopic (exact) mass is 255 g/mol. The normalized spacial score (nSPS) is 10.7. The molecule has 0 saturated heterocycles. The second-order valence-corrected chi connectivity index (χ2v) is 5.20. The van der Waals surface area contributed by atoms with Crippen LogP contribution in [-0.2, 0) is 6.54 Å². The van der Waals surface area contributed by atoms with Crippen LogP contribution in [0, 0.1) is 5.82 Å². The van der Waals surface area contributed by atoms with Gasteiger partial charge in [0.25, 0.3) is 0 Å². The Bertz CT molecular complexity index is 304. The summed E-state index contributed by atoms with van der Waals surface area (Å²) in [6, 6.07) is 6.78. The second-order valence-electron chi connectivity index (χ2n) is 4.21. The fourth-order valence-corrected chi connectivity index (χ4v) is 2.22. The van der Waals surface area contributed by atoms with Crippen molar-refractivity contribution in [2.45, 2.75) is 32.2 Å². The second kappa shape index (κ2) is 9.49. The standard InChI is InChI=1S/C14H22FNS/c1-17-10-5-3-2-4-9-16-12-13-7-6-8-14(15)11-13/h6-8,11,16H,2-5,9-10,12H2,1H3. The summed E-state index contributed by atoms with van der Waals surface area (Å²) in [7, 11) is 0. The zero-order valence-electron chi connectivity index (χ0n) is 10.5. The zero-order chi connectivity index (χ0) is 12.3. The molecule has 0 aromatic heterocycles. The molecule has 0 amide bonds.